The molecule has 0 N–H and O–H groups in total. The van der Waals surface area contributed by atoms with Gasteiger partial charge in [0.2, 0.25) is 0 Å². The minimum absolute atomic E-state index is 0. The molecule has 0 amide bonds. The normalized spacial score (nSPS) is 13.6. The Hall–Kier alpha value is -4.22. The van der Waals surface area contributed by atoms with Crippen molar-refractivity contribution >= 4 is 35.2 Å². The van der Waals surface area contributed by atoms with Gasteiger partial charge in [-0.1, -0.05) is 91.0 Å². The number of rotatable bonds is 4. The molecule has 3 nitrogen and oxygen atoms in total. The molecule has 1 radical (unpaired) electrons. The molecule has 0 aliphatic carbocycles. The molecule has 7 aromatic rings. The molecule has 7 rings (SSSR count). The van der Waals surface area contributed by atoms with Crippen molar-refractivity contribution in [3.8, 4) is 33.6 Å². The van der Waals surface area contributed by atoms with Crippen molar-refractivity contribution in [2.75, 3.05) is 0 Å². The summed E-state index contributed by atoms with van der Waals surface area (Å²) in [5.74, 6) is -0.333. The van der Waals surface area contributed by atoms with Crippen LogP contribution in [0.3, 0.4) is 0 Å². The summed E-state index contributed by atoms with van der Waals surface area (Å²) < 4.78 is 66.5. The Balaban J connectivity index is 0.000000208. The largest absolute Gasteiger partial charge is 0.501 e. The fourth-order valence-corrected chi connectivity index (χ4v) is 7.37. The maximum atomic E-state index is 14.8. The van der Waals surface area contributed by atoms with Crippen LogP contribution in [0.2, 0.25) is 19.6 Å². The quantitative estimate of drug-likeness (QED) is 0.131. The van der Waals surface area contributed by atoms with E-state index in [9.17, 15) is 4.39 Å². The van der Waals surface area contributed by atoms with Crippen LogP contribution in [0, 0.1) is 52.4 Å². The van der Waals surface area contributed by atoms with Gasteiger partial charge in [0.15, 0.2) is 0 Å². The van der Waals surface area contributed by atoms with E-state index in [1.165, 1.54) is 23.9 Å². The van der Waals surface area contributed by atoms with Crippen LogP contribution in [-0.4, -0.2) is 18.0 Å². The molecule has 0 aliphatic rings. The number of benzene rings is 4. The average molecular weight is 833 g/mol. The summed E-state index contributed by atoms with van der Waals surface area (Å²) >= 11 is 0. The van der Waals surface area contributed by atoms with Gasteiger partial charge in [0.25, 0.3) is 0 Å². The number of fused-ring (bicyclic) bond motifs is 3. The van der Waals surface area contributed by atoms with Crippen molar-refractivity contribution in [3.63, 3.8) is 0 Å². The van der Waals surface area contributed by atoms with Gasteiger partial charge in [-0.2, -0.15) is 0 Å². The summed E-state index contributed by atoms with van der Waals surface area (Å²) in [6.45, 7) is 7.92. The molecule has 0 saturated heterocycles. The zero-order valence-corrected chi connectivity index (χ0v) is 31.1. The Kier molecular flexibility index (Phi) is 8.13. The number of aromatic nitrogens is 2. The first-order valence-electron chi connectivity index (χ1n) is 18.4. The molecular formula is C42H39FIrN2OSi-2. The second-order valence-electron chi connectivity index (χ2n) is 12.9. The second-order valence-corrected chi connectivity index (χ2v) is 17.9. The molecule has 0 spiro atoms. The summed E-state index contributed by atoms with van der Waals surface area (Å²) in [6, 6.07) is 30.0. The van der Waals surface area contributed by atoms with E-state index in [0.717, 1.165) is 49.4 Å². The summed E-state index contributed by atoms with van der Waals surface area (Å²) in [7, 11) is -1.85. The first kappa shape index (κ1) is 27.7. The number of halogens is 1. The first-order valence-corrected chi connectivity index (χ1v) is 18.9. The molecule has 245 valence electrons. The van der Waals surface area contributed by atoms with E-state index in [2.05, 4.69) is 60.8 Å². The number of furan rings is 1. The van der Waals surface area contributed by atoms with Crippen LogP contribution in [0.1, 0.15) is 36.0 Å². The van der Waals surface area contributed by atoms with E-state index in [0.29, 0.717) is 28.1 Å². The maximum Gasteiger partial charge on any atom is 0.147 e. The van der Waals surface area contributed by atoms with Crippen molar-refractivity contribution in [2.24, 2.45) is 0 Å². The topological polar surface area (TPSA) is 38.9 Å². The Morgan fingerprint density at radius 2 is 1.52 bits per heavy atom. The van der Waals surface area contributed by atoms with Gasteiger partial charge in [-0.15, -0.1) is 53.6 Å². The van der Waals surface area contributed by atoms with E-state index in [4.69, 9.17) is 12.6 Å². The van der Waals surface area contributed by atoms with Gasteiger partial charge in [0.05, 0.1) is 19.9 Å². The molecule has 0 bridgehead atoms. The predicted molar refractivity (Wildman–Crippen MR) is 196 cm³/mol. The van der Waals surface area contributed by atoms with Crippen LogP contribution in [0.4, 0.5) is 4.39 Å². The number of nitrogens with zero attached hydrogens (tertiary/aromatic N) is 2. The van der Waals surface area contributed by atoms with Gasteiger partial charge in [-0.05, 0) is 67.0 Å². The maximum absolute atomic E-state index is 14.8. The number of hydrogen-bond donors (Lipinski definition) is 0. The molecule has 6 heteroatoms. The fraction of sp³-hybridized carbons (Fsp3) is 0.190. The van der Waals surface area contributed by atoms with Gasteiger partial charge in [0.1, 0.15) is 11.4 Å². The average Bonchev–Trinajstić information content (AvgIpc) is 3.47. The van der Waals surface area contributed by atoms with Crippen molar-refractivity contribution in [3.05, 3.63) is 137 Å². The Morgan fingerprint density at radius 1 is 0.771 bits per heavy atom. The molecular weight excluding hydrogens is 788 g/mol. The van der Waals surface area contributed by atoms with Crippen LogP contribution < -0.4 is 5.19 Å². The van der Waals surface area contributed by atoms with Crippen LogP contribution in [-0.2, 0) is 20.1 Å². The summed E-state index contributed by atoms with van der Waals surface area (Å²) in [6.07, 6.45) is 2.94. The third-order valence-corrected chi connectivity index (χ3v) is 10.2. The molecule has 3 heterocycles. The number of hydrogen-bond acceptors (Lipinski definition) is 3. The minimum Gasteiger partial charge on any atom is -0.501 e. The Labute approximate surface area is 306 Å². The van der Waals surface area contributed by atoms with Crippen molar-refractivity contribution in [1.29, 1.82) is 0 Å². The summed E-state index contributed by atoms with van der Waals surface area (Å²) in [4.78, 5) is 8.76. The van der Waals surface area contributed by atoms with E-state index in [1.54, 1.807) is 24.4 Å². The summed E-state index contributed by atoms with van der Waals surface area (Å²) in [5.41, 5.74) is 9.21. The Morgan fingerprint density at radius 3 is 2.21 bits per heavy atom. The standard InChI is InChI=1S/C26H19FNO.C16H20NSi.Ir/c1-15-11-16(2)25(17(3)12-15)21-13-23(28-14-22(21)27)20-9-6-8-19-18-7-4-5-10-24(18)29-26(19)20;1-12-6-8-14(9-7-12)15-10-13(2)16(11-17-15)18(3,4)5;/h4-8,10-14H,1-3H3;6-8,10-11H,1-5H3;/q2*-1;/i;1D3,2D3;. The smallest absolute Gasteiger partial charge is 0.147 e. The predicted octanol–water partition coefficient (Wildman–Crippen LogP) is 10.9. The van der Waals surface area contributed by atoms with Crippen molar-refractivity contribution < 1.29 is 37.1 Å². The molecule has 0 atom stereocenters. The van der Waals surface area contributed by atoms with Crippen LogP contribution in [0.5, 0.6) is 0 Å². The monoisotopic (exact) mass is 833 g/mol. The number of aryl methyl sites for hydroxylation is 5. The molecule has 0 aliphatic heterocycles. The van der Waals surface area contributed by atoms with Gasteiger partial charge < -0.3 is 14.4 Å². The molecule has 48 heavy (non-hydrogen) atoms. The van der Waals surface area contributed by atoms with Gasteiger partial charge in [-0.3, -0.25) is 0 Å². The number of pyridine rings is 2. The molecule has 0 fully saturated rings. The fourth-order valence-electron chi connectivity index (χ4n) is 6.04. The van der Waals surface area contributed by atoms with Crippen molar-refractivity contribution in [2.45, 2.75) is 54.1 Å². The SMILES string of the molecule is Cc1cc(C)c(-c2cc(-c3[c-]ccc4c3oc3ccccc34)ncc2F)c(C)c1.[2H]C([2H])([2H])c1c[c-]c(-c2cc(C([2H])([2H])[2H])c([Si](C)(C)C)cn2)cc1.[Ir]. The van der Waals surface area contributed by atoms with Crippen LogP contribution in [0.25, 0.3) is 55.6 Å². The van der Waals surface area contributed by atoms with Crippen LogP contribution in [0.15, 0.2) is 95.7 Å². The zero-order chi connectivity index (χ0) is 38.5. The van der Waals surface area contributed by atoms with E-state index < -0.39 is 21.8 Å². The van der Waals surface area contributed by atoms with E-state index in [-0.39, 0.29) is 31.5 Å². The molecule has 0 unspecified atom stereocenters. The second kappa shape index (κ2) is 14.1. The third kappa shape index (κ3) is 7.12. The minimum atomic E-state index is -2.22. The molecule has 0 saturated carbocycles. The molecule has 3 aromatic heterocycles. The van der Waals surface area contributed by atoms with Gasteiger partial charge in [-0.25, -0.2) is 4.39 Å². The van der Waals surface area contributed by atoms with Gasteiger partial charge in [0, 0.05) is 45.5 Å². The Bertz CT molecular complexity index is 2450. The third-order valence-electron chi connectivity index (χ3n) is 8.20. The molecule has 4 aromatic carbocycles. The number of para-hydroxylation sites is 1. The van der Waals surface area contributed by atoms with Crippen LogP contribution >= 0.6 is 0 Å². The zero-order valence-electron chi connectivity index (χ0n) is 33.7. The first-order chi connectivity index (χ1) is 24.8. The van der Waals surface area contributed by atoms with E-state index >= 15 is 0 Å². The van der Waals surface area contributed by atoms with Gasteiger partial charge >= 0.3 is 0 Å². The van der Waals surface area contributed by atoms with E-state index in [1.807, 2.05) is 50.2 Å². The summed E-state index contributed by atoms with van der Waals surface area (Å²) in [5, 5.41) is 2.86. The van der Waals surface area contributed by atoms with Crippen molar-refractivity contribution in [1.82, 2.24) is 9.97 Å².